The fraction of sp³-hybridized carbons (Fsp3) is 0.667. The van der Waals surface area contributed by atoms with Crippen LogP contribution in [0.4, 0.5) is 0 Å². The van der Waals surface area contributed by atoms with E-state index in [1.54, 1.807) is 15.7 Å². The average Bonchev–Trinajstić information content (AvgIpc) is 3.36. The number of nitrogens with zero attached hydrogens (tertiary/aromatic N) is 2. The van der Waals surface area contributed by atoms with E-state index in [1.165, 1.54) is 0 Å². The number of piperidine rings is 1. The molecule has 1 aromatic rings. The highest BCUT2D eigenvalue weighted by atomic mass is 32.2. The first-order valence-electron chi connectivity index (χ1n) is 9.15. The molecule has 1 saturated carbocycles. The molecule has 1 aromatic carbocycles. The lowest BCUT2D eigenvalue weighted by atomic mass is 10.0. The molecular formula is C18H26N2O4S. The quantitative estimate of drug-likeness (QED) is 0.775. The Morgan fingerprint density at radius 3 is 2.44 bits per heavy atom. The van der Waals surface area contributed by atoms with Crippen LogP contribution in [0, 0.1) is 5.92 Å². The lowest BCUT2D eigenvalue weighted by Crippen LogP contribution is -2.52. The molecule has 25 heavy (non-hydrogen) atoms. The second-order valence-electron chi connectivity index (χ2n) is 7.22. The van der Waals surface area contributed by atoms with Gasteiger partial charge in [0.25, 0.3) is 10.2 Å². The van der Waals surface area contributed by atoms with Crippen molar-refractivity contribution in [3.05, 3.63) is 24.3 Å². The lowest BCUT2D eigenvalue weighted by molar-refractivity contribution is 0.156. The number of methoxy groups -OCH3 is 1. The first kappa shape index (κ1) is 17.1. The first-order valence-corrected chi connectivity index (χ1v) is 10.5. The Labute approximate surface area is 149 Å². The van der Waals surface area contributed by atoms with E-state index in [4.69, 9.17) is 9.47 Å². The van der Waals surface area contributed by atoms with Gasteiger partial charge in [-0.2, -0.15) is 17.0 Å². The van der Waals surface area contributed by atoms with Crippen molar-refractivity contribution in [2.24, 2.45) is 5.92 Å². The molecule has 0 radical (unpaired) electrons. The van der Waals surface area contributed by atoms with Crippen LogP contribution in [-0.4, -0.2) is 55.9 Å². The molecular weight excluding hydrogens is 340 g/mol. The Morgan fingerprint density at radius 2 is 1.76 bits per heavy atom. The number of hydrogen-bond acceptors (Lipinski definition) is 4. The van der Waals surface area contributed by atoms with Crippen molar-refractivity contribution in [2.45, 2.75) is 44.2 Å². The summed E-state index contributed by atoms with van der Waals surface area (Å²) in [6, 6.07) is 7.55. The van der Waals surface area contributed by atoms with Crippen molar-refractivity contribution in [1.82, 2.24) is 8.61 Å². The third-order valence-electron chi connectivity index (χ3n) is 5.81. The Morgan fingerprint density at radius 1 is 1.08 bits per heavy atom. The van der Waals surface area contributed by atoms with E-state index in [1.807, 2.05) is 24.3 Å². The van der Waals surface area contributed by atoms with E-state index in [-0.39, 0.29) is 12.1 Å². The molecule has 0 amide bonds. The van der Waals surface area contributed by atoms with Crippen molar-refractivity contribution in [1.29, 1.82) is 0 Å². The van der Waals surface area contributed by atoms with E-state index in [0.29, 0.717) is 25.6 Å². The van der Waals surface area contributed by atoms with E-state index < -0.39 is 10.2 Å². The van der Waals surface area contributed by atoms with E-state index in [9.17, 15) is 8.42 Å². The summed E-state index contributed by atoms with van der Waals surface area (Å²) in [5.41, 5.74) is 0. The van der Waals surface area contributed by atoms with Gasteiger partial charge < -0.3 is 9.47 Å². The van der Waals surface area contributed by atoms with Crippen LogP contribution in [0.5, 0.6) is 11.5 Å². The summed E-state index contributed by atoms with van der Waals surface area (Å²) in [6.45, 7) is 1.73. The zero-order valence-electron chi connectivity index (χ0n) is 14.6. The zero-order chi connectivity index (χ0) is 17.4. The molecule has 3 atom stereocenters. The van der Waals surface area contributed by atoms with Gasteiger partial charge in [-0.3, -0.25) is 0 Å². The summed E-state index contributed by atoms with van der Waals surface area (Å²) in [6.07, 6.45) is 5.00. The summed E-state index contributed by atoms with van der Waals surface area (Å²) in [5.74, 6) is 1.95. The maximum absolute atomic E-state index is 13.1. The van der Waals surface area contributed by atoms with Crippen LogP contribution in [0.25, 0.3) is 0 Å². The van der Waals surface area contributed by atoms with E-state index >= 15 is 0 Å². The maximum atomic E-state index is 13.1. The summed E-state index contributed by atoms with van der Waals surface area (Å²) in [4.78, 5) is 0. The van der Waals surface area contributed by atoms with Gasteiger partial charge in [-0.25, -0.2) is 0 Å². The van der Waals surface area contributed by atoms with Gasteiger partial charge in [0.05, 0.1) is 13.2 Å². The van der Waals surface area contributed by atoms with Gasteiger partial charge >= 0.3 is 0 Å². The molecule has 0 aromatic heterocycles. The van der Waals surface area contributed by atoms with Crippen molar-refractivity contribution >= 4 is 10.2 Å². The van der Waals surface area contributed by atoms with Crippen LogP contribution < -0.4 is 9.47 Å². The monoisotopic (exact) mass is 366 g/mol. The van der Waals surface area contributed by atoms with Gasteiger partial charge in [-0.15, -0.1) is 0 Å². The summed E-state index contributed by atoms with van der Waals surface area (Å²) in [7, 11) is -1.74. The second kappa shape index (κ2) is 6.78. The molecule has 0 spiro atoms. The van der Waals surface area contributed by atoms with Gasteiger partial charge in [0.1, 0.15) is 18.1 Å². The van der Waals surface area contributed by atoms with Crippen LogP contribution in [0.3, 0.4) is 0 Å². The molecule has 3 aliphatic rings. The number of fused-ring (bicyclic) bond motifs is 2. The fourth-order valence-electron chi connectivity index (χ4n) is 4.53. The largest absolute Gasteiger partial charge is 0.497 e. The van der Waals surface area contributed by atoms with Gasteiger partial charge in [-0.1, -0.05) is 0 Å². The van der Waals surface area contributed by atoms with Crippen molar-refractivity contribution in [3.8, 4) is 11.5 Å². The Kier molecular flexibility index (Phi) is 4.64. The third kappa shape index (κ3) is 3.13. The minimum absolute atomic E-state index is 0.0496. The average molecular weight is 366 g/mol. The second-order valence-corrected chi connectivity index (χ2v) is 9.06. The van der Waals surface area contributed by atoms with E-state index in [0.717, 1.165) is 43.6 Å². The van der Waals surface area contributed by atoms with Crippen molar-refractivity contribution in [2.75, 3.05) is 26.8 Å². The Balaban J connectivity index is 1.48. The van der Waals surface area contributed by atoms with Gasteiger partial charge in [-0.05, 0) is 62.3 Å². The Bertz CT molecular complexity index is 700. The molecule has 6 nitrogen and oxygen atoms in total. The summed E-state index contributed by atoms with van der Waals surface area (Å²) >= 11 is 0. The molecule has 2 saturated heterocycles. The van der Waals surface area contributed by atoms with Gasteiger partial charge in [0, 0.05) is 19.1 Å². The molecule has 2 heterocycles. The Hall–Kier alpha value is -1.31. The van der Waals surface area contributed by atoms with Crippen LogP contribution in [0.1, 0.15) is 32.1 Å². The standard InChI is InChI=1S/C18H26N2O4S/c1-23-16-6-8-17(9-7-16)24-13-18-14-4-5-15(12-14)20(18)25(21,22)19-10-2-3-11-19/h6-9,14-15,18H,2-5,10-13H2,1H3/t14-,15+,18+/m0/s1. The lowest BCUT2D eigenvalue weighted by Gasteiger charge is -2.36. The molecule has 3 fully saturated rings. The SMILES string of the molecule is COc1ccc(OC[C@@H]2[C@H]3CC[C@H](C3)N2S(=O)(=O)N2CCCC2)cc1. The van der Waals surface area contributed by atoms with Crippen LogP contribution in [-0.2, 0) is 10.2 Å². The van der Waals surface area contributed by atoms with Crippen LogP contribution in [0.15, 0.2) is 24.3 Å². The van der Waals surface area contributed by atoms with Crippen LogP contribution in [0.2, 0.25) is 0 Å². The highest BCUT2D eigenvalue weighted by molar-refractivity contribution is 7.86. The fourth-order valence-corrected chi connectivity index (χ4v) is 6.66. The predicted octanol–water partition coefficient (Wildman–Crippen LogP) is 2.27. The molecule has 138 valence electrons. The van der Waals surface area contributed by atoms with Gasteiger partial charge in [0.15, 0.2) is 0 Å². The van der Waals surface area contributed by atoms with Gasteiger partial charge in [0.2, 0.25) is 0 Å². The topological polar surface area (TPSA) is 59.1 Å². The minimum atomic E-state index is -3.37. The number of hydrogen-bond donors (Lipinski definition) is 0. The van der Waals surface area contributed by atoms with E-state index in [2.05, 4.69) is 0 Å². The summed E-state index contributed by atoms with van der Waals surface area (Å²) in [5, 5.41) is 0. The number of ether oxygens (including phenoxy) is 2. The zero-order valence-corrected chi connectivity index (χ0v) is 15.5. The normalized spacial score (nSPS) is 30.0. The summed E-state index contributed by atoms with van der Waals surface area (Å²) < 4.78 is 40.8. The number of rotatable bonds is 6. The van der Waals surface area contributed by atoms with Crippen LogP contribution >= 0.6 is 0 Å². The molecule has 1 aliphatic carbocycles. The highest BCUT2D eigenvalue weighted by Gasteiger charge is 2.53. The third-order valence-corrected chi connectivity index (χ3v) is 7.93. The molecule has 0 N–H and O–H groups in total. The minimum Gasteiger partial charge on any atom is -0.497 e. The maximum Gasteiger partial charge on any atom is 0.282 e. The number of benzene rings is 1. The molecule has 0 unspecified atom stereocenters. The molecule has 7 heteroatoms. The predicted molar refractivity (Wildman–Crippen MR) is 95.0 cm³/mol. The highest BCUT2D eigenvalue weighted by Crippen LogP contribution is 2.45. The molecule has 4 rings (SSSR count). The smallest absolute Gasteiger partial charge is 0.282 e. The molecule has 2 aliphatic heterocycles. The van der Waals surface area contributed by atoms with Crippen molar-refractivity contribution in [3.63, 3.8) is 0 Å². The van der Waals surface area contributed by atoms with Crippen molar-refractivity contribution < 1.29 is 17.9 Å². The first-order chi connectivity index (χ1) is 12.1. The molecule has 2 bridgehead atoms.